The minimum atomic E-state index is -0.999. The Kier molecular flexibility index (Phi) is 8.78. The van der Waals surface area contributed by atoms with Crippen LogP contribution in [-0.4, -0.2) is 33.9 Å². The van der Waals surface area contributed by atoms with Crippen LogP contribution in [0.4, 0.5) is 11.5 Å². The van der Waals surface area contributed by atoms with Gasteiger partial charge in [-0.15, -0.1) is 0 Å². The summed E-state index contributed by atoms with van der Waals surface area (Å²) in [6.07, 6.45) is 1.37. The van der Waals surface area contributed by atoms with E-state index in [4.69, 9.17) is 0 Å². The summed E-state index contributed by atoms with van der Waals surface area (Å²) in [5, 5.41) is 15.4. The second kappa shape index (κ2) is 12.0. The van der Waals surface area contributed by atoms with Crippen molar-refractivity contribution in [1.29, 1.82) is 0 Å². The van der Waals surface area contributed by atoms with Crippen molar-refractivity contribution < 1.29 is 19.5 Å². The van der Waals surface area contributed by atoms with E-state index in [1.165, 1.54) is 17.0 Å². The van der Waals surface area contributed by atoms with Crippen LogP contribution in [0, 0.1) is 13.8 Å². The minimum absolute atomic E-state index is 0.0528. The number of carbonyl (C=O) groups excluding carboxylic acids is 3. The maximum Gasteiger partial charge on any atom is 0.248 e. The van der Waals surface area contributed by atoms with E-state index in [-0.39, 0.29) is 42.4 Å². The first-order chi connectivity index (χ1) is 17.2. The van der Waals surface area contributed by atoms with E-state index in [2.05, 4.69) is 15.6 Å². The summed E-state index contributed by atoms with van der Waals surface area (Å²) >= 11 is 0. The molecule has 3 rings (SSSR count). The predicted molar refractivity (Wildman–Crippen MR) is 140 cm³/mol. The molecule has 0 aliphatic heterocycles. The highest BCUT2D eigenvalue weighted by molar-refractivity contribution is 6.03. The Morgan fingerprint density at radius 2 is 1.67 bits per heavy atom. The van der Waals surface area contributed by atoms with Gasteiger partial charge in [0.05, 0.1) is 0 Å². The normalized spacial score (nSPS) is 11.6. The van der Waals surface area contributed by atoms with Gasteiger partial charge in [0.1, 0.15) is 17.6 Å². The van der Waals surface area contributed by atoms with E-state index in [1.54, 1.807) is 42.6 Å². The first kappa shape index (κ1) is 26.4. The molecule has 3 amide bonds. The largest absolute Gasteiger partial charge is 0.508 e. The number of nitrogens with zero attached hydrogens (tertiary/aromatic N) is 2. The van der Waals surface area contributed by atoms with Crippen LogP contribution >= 0.6 is 0 Å². The summed E-state index contributed by atoms with van der Waals surface area (Å²) in [5.41, 5.74) is 3.10. The number of pyridine rings is 1. The lowest BCUT2D eigenvalue weighted by molar-refractivity contribution is -0.127. The Hall–Kier alpha value is -4.20. The van der Waals surface area contributed by atoms with Crippen molar-refractivity contribution in [2.75, 3.05) is 10.2 Å². The van der Waals surface area contributed by atoms with Gasteiger partial charge in [0.25, 0.3) is 0 Å². The van der Waals surface area contributed by atoms with Crippen LogP contribution < -0.4 is 15.5 Å². The lowest BCUT2D eigenvalue weighted by Gasteiger charge is -2.32. The lowest BCUT2D eigenvalue weighted by Crippen LogP contribution is -2.46. The first-order valence-electron chi connectivity index (χ1n) is 11.8. The summed E-state index contributed by atoms with van der Waals surface area (Å²) in [7, 11) is 0. The Morgan fingerprint density at radius 1 is 0.944 bits per heavy atom. The van der Waals surface area contributed by atoms with Gasteiger partial charge in [-0.1, -0.05) is 24.3 Å². The topological polar surface area (TPSA) is 112 Å². The van der Waals surface area contributed by atoms with Crippen LogP contribution in [0.2, 0.25) is 0 Å². The van der Waals surface area contributed by atoms with Crippen molar-refractivity contribution in [2.24, 2.45) is 0 Å². The van der Waals surface area contributed by atoms with Crippen LogP contribution in [-0.2, 0) is 14.4 Å². The van der Waals surface area contributed by atoms with E-state index in [0.717, 1.165) is 11.1 Å². The van der Waals surface area contributed by atoms with Gasteiger partial charge in [0.2, 0.25) is 17.7 Å². The zero-order valence-corrected chi connectivity index (χ0v) is 21.0. The molecule has 3 aromatic rings. The fourth-order valence-corrected chi connectivity index (χ4v) is 3.73. The van der Waals surface area contributed by atoms with Gasteiger partial charge < -0.3 is 15.7 Å². The number of nitrogens with one attached hydrogen (secondary N) is 2. The number of hydrogen-bond donors (Lipinski definition) is 3. The van der Waals surface area contributed by atoms with Crippen molar-refractivity contribution >= 4 is 29.2 Å². The van der Waals surface area contributed by atoms with Crippen LogP contribution in [0.3, 0.4) is 0 Å². The van der Waals surface area contributed by atoms with E-state index in [1.807, 2.05) is 39.8 Å². The second-order valence-corrected chi connectivity index (χ2v) is 8.95. The number of phenolic OH excluding ortho intramolecular Hbond substituents is 1. The molecule has 1 heterocycles. The summed E-state index contributed by atoms with van der Waals surface area (Å²) in [5.74, 6) is -0.641. The van der Waals surface area contributed by atoms with Crippen LogP contribution in [0.25, 0.3) is 0 Å². The number of hydrogen-bond acceptors (Lipinski definition) is 5. The van der Waals surface area contributed by atoms with Crippen LogP contribution in [0.5, 0.6) is 5.75 Å². The molecule has 0 fully saturated rings. The zero-order chi connectivity index (χ0) is 26.2. The fourth-order valence-electron chi connectivity index (χ4n) is 3.73. The zero-order valence-electron chi connectivity index (χ0n) is 21.0. The highest BCUT2D eigenvalue weighted by Gasteiger charge is 2.33. The number of anilines is 2. The van der Waals surface area contributed by atoms with Gasteiger partial charge >= 0.3 is 0 Å². The van der Waals surface area contributed by atoms with Gasteiger partial charge in [-0.3, -0.25) is 19.3 Å². The van der Waals surface area contributed by atoms with Crippen molar-refractivity contribution in [3.05, 3.63) is 83.6 Å². The molecule has 0 radical (unpaired) electrons. The Morgan fingerprint density at radius 3 is 2.28 bits per heavy atom. The third-order valence-electron chi connectivity index (χ3n) is 5.68. The Labute approximate surface area is 211 Å². The number of carbonyl (C=O) groups is 3. The molecule has 0 saturated carbocycles. The smallest absolute Gasteiger partial charge is 0.248 e. The number of rotatable bonds is 9. The highest BCUT2D eigenvalue weighted by Crippen LogP contribution is 2.31. The van der Waals surface area contributed by atoms with Crippen LogP contribution in [0.1, 0.15) is 49.4 Å². The fraction of sp³-hybridized carbons (Fsp3) is 0.286. The maximum atomic E-state index is 13.7. The molecule has 1 unspecified atom stereocenters. The van der Waals surface area contributed by atoms with Gasteiger partial charge in [0.15, 0.2) is 0 Å². The average molecular weight is 489 g/mol. The van der Waals surface area contributed by atoms with Crippen molar-refractivity contribution in [3.8, 4) is 5.75 Å². The molecule has 0 aliphatic rings. The van der Waals surface area contributed by atoms with E-state index in [9.17, 15) is 19.5 Å². The average Bonchev–Trinajstić information content (AvgIpc) is 2.84. The van der Waals surface area contributed by atoms with E-state index in [0.29, 0.717) is 17.1 Å². The number of aryl methyl sites for hydroxylation is 2. The Bertz CT molecular complexity index is 1210. The molecule has 0 bridgehead atoms. The number of benzene rings is 2. The molecular formula is C28H32N4O4. The predicted octanol–water partition coefficient (Wildman–Crippen LogP) is 4.42. The molecule has 1 aromatic heterocycles. The quantitative estimate of drug-likeness (QED) is 0.413. The molecule has 8 nitrogen and oxygen atoms in total. The minimum Gasteiger partial charge on any atom is -0.508 e. The molecular weight excluding hydrogens is 456 g/mol. The van der Waals surface area contributed by atoms with Crippen molar-refractivity contribution in [1.82, 2.24) is 10.3 Å². The lowest BCUT2D eigenvalue weighted by atomic mass is 10.0. The van der Waals surface area contributed by atoms with Gasteiger partial charge in [-0.25, -0.2) is 4.98 Å². The molecule has 188 valence electrons. The van der Waals surface area contributed by atoms with Gasteiger partial charge in [-0.05, 0) is 80.8 Å². The summed E-state index contributed by atoms with van der Waals surface area (Å²) in [6.45, 7) is 7.59. The van der Waals surface area contributed by atoms with E-state index < -0.39 is 6.04 Å². The molecule has 8 heteroatoms. The van der Waals surface area contributed by atoms with E-state index >= 15 is 0 Å². The highest BCUT2D eigenvalue weighted by atomic mass is 16.3. The summed E-state index contributed by atoms with van der Waals surface area (Å²) < 4.78 is 0. The Balaban J connectivity index is 1.96. The third kappa shape index (κ3) is 6.91. The van der Waals surface area contributed by atoms with Crippen molar-refractivity contribution in [3.63, 3.8) is 0 Å². The standard InChI is InChI=1S/C28H32N4O4/c1-18(2)30-28(36)27(21-9-12-23(33)13-10-21)32(22-11-8-19(3)20(4)17-22)26(35)15-14-25(34)31-24-7-5-6-16-29-24/h5-13,16-18,27,33H,14-15H2,1-4H3,(H,30,36)(H,29,31,34). The number of aromatic nitrogens is 1. The number of aromatic hydroxyl groups is 1. The number of phenols is 1. The summed E-state index contributed by atoms with van der Waals surface area (Å²) in [4.78, 5) is 45.1. The molecule has 0 saturated heterocycles. The maximum absolute atomic E-state index is 13.7. The number of amides is 3. The van der Waals surface area contributed by atoms with Gasteiger partial charge in [0, 0.05) is 30.8 Å². The third-order valence-corrected chi connectivity index (χ3v) is 5.68. The molecule has 3 N–H and O–H groups in total. The second-order valence-electron chi connectivity index (χ2n) is 8.95. The van der Waals surface area contributed by atoms with Gasteiger partial charge in [-0.2, -0.15) is 0 Å². The molecule has 1 atom stereocenters. The SMILES string of the molecule is Cc1ccc(N(C(=O)CCC(=O)Nc2ccccn2)C(C(=O)NC(C)C)c2ccc(O)cc2)cc1C. The van der Waals surface area contributed by atoms with Crippen LogP contribution in [0.15, 0.2) is 66.9 Å². The first-order valence-corrected chi connectivity index (χ1v) is 11.8. The van der Waals surface area contributed by atoms with Crippen molar-refractivity contribution in [2.45, 2.75) is 52.6 Å². The molecule has 36 heavy (non-hydrogen) atoms. The molecule has 0 aliphatic carbocycles. The molecule has 0 spiro atoms. The summed E-state index contributed by atoms with van der Waals surface area (Å²) in [6, 6.07) is 15.8. The monoisotopic (exact) mass is 488 g/mol. The molecule has 2 aromatic carbocycles.